The Morgan fingerprint density at radius 2 is 1.66 bits per heavy atom. The van der Waals surface area contributed by atoms with Gasteiger partial charge in [0.2, 0.25) is 0 Å². The zero-order chi connectivity index (χ0) is 22.6. The predicted molar refractivity (Wildman–Crippen MR) is 128 cm³/mol. The van der Waals surface area contributed by atoms with Crippen molar-refractivity contribution >= 4 is 64.2 Å². The van der Waals surface area contributed by atoms with E-state index in [1.807, 2.05) is 48.5 Å². The van der Waals surface area contributed by atoms with E-state index in [0.29, 0.717) is 5.56 Å². The molecule has 32 heavy (non-hydrogen) atoms. The van der Waals surface area contributed by atoms with Crippen molar-refractivity contribution < 1.29 is 23.4 Å². The van der Waals surface area contributed by atoms with Crippen molar-refractivity contribution in [2.24, 2.45) is 0 Å². The van der Waals surface area contributed by atoms with E-state index in [1.54, 1.807) is 11.3 Å². The van der Waals surface area contributed by atoms with E-state index in [1.165, 1.54) is 13.0 Å². The van der Waals surface area contributed by atoms with Crippen LogP contribution in [0.1, 0.15) is 6.92 Å². The number of carbonyl (C=O) groups is 1. The van der Waals surface area contributed by atoms with E-state index in [9.17, 15) is 9.18 Å². The van der Waals surface area contributed by atoms with Crippen molar-refractivity contribution in [1.82, 2.24) is 0 Å². The molecule has 0 aliphatic rings. The SMILES string of the molecule is C[C@@H](Oc1c(F)ccc(-c2c3ccccc3c(Br)c3sc4ccccc4c23)c1F)C(=O)O. The molecular formula is C25H15BrF2O3S. The molecule has 0 amide bonds. The first-order chi connectivity index (χ1) is 15.4. The number of hydrogen-bond acceptors (Lipinski definition) is 3. The van der Waals surface area contributed by atoms with Gasteiger partial charge in [-0.1, -0.05) is 42.5 Å². The molecule has 1 atom stereocenters. The van der Waals surface area contributed by atoms with Gasteiger partial charge in [-0.3, -0.25) is 0 Å². The number of carboxylic acids is 1. The lowest BCUT2D eigenvalue weighted by atomic mass is 9.93. The van der Waals surface area contributed by atoms with Crippen LogP contribution >= 0.6 is 27.3 Å². The highest BCUT2D eigenvalue weighted by Crippen LogP contribution is 2.49. The van der Waals surface area contributed by atoms with Gasteiger partial charge in [0.1, 0.15) is 0 Å². The van der Waals surface area contributed by atoms with Gasteiger partial charge in [0, 0.05) is 31.1 Å². The number of ether oxygens (including phenoxy) is 1. The first-order valence-corrected chi connectivity index (χ1v) is 11.4. The minimum absolute atomic E-state index is 0.149. The molecule has 1 N–H and O–H groups in total. The Morgan fingerprint density at radius 1 is 1.00 bits per heavy atom. The fraction of sp³-hybridized carbons (Fsp3) is 0.0800. The van der Waals surface area contributed by atoms with Crippen LogP contribution in [-0.4, -0.2) is 17.2 Å². The van der Waals surface area contributed by atoms with Gasteiger partial charge >= 0.3 is 5.97 Å². The second-order valence-electron chi connectivity index (χ2n) is 7.37. The number of hydrogen-bond donors (Lipinski definition) is 1. The van der Waals surface area contributed by atoms with Crippen molar-refractivity contribution in [3.8, 4) is 16.9 Å². The molecule has 0 aliphatic carbocycles. The first kappa shape index (κ1) is 20.8. The van der Waals surface area contributed by atoms with Gasteiger partial charge in [0.25, 0.3) is 0 Å². The Balaban J connectivity index is 1.92. The van der Waals surface area contributed by atoms with E-state index in [2.05, 4.69) is 15.9 Å². The van der Waals surface area contributed by atoms with Crippen molar-refractivity contribution in [2.45, 2.75) is 13.0 Å². The first-order valence-electron chi connectivity index (χ1n) is 9.77. The Labute approximate surface area is 194 Å². The van der Waals surface area contributed by atoms with Gasteiger partial charge in [0.15, 0.2) is 23.5 Å². The third kappa shape index (κ3) is 3.15. The van der Waals surface area contributed by atoms with Gasteiger partial charge in [-0.05, 0) is 51.8 Å². The maximum atomic E-state index is 15.7. The van der Waals surface area contributed by atoms with Crippen molar-refractivity contribution in [3.05, 3.63) is 76.8 Å². The van der Waals surface area contributed by atoms with E-state index < -0.39 is 29.5 Å². The van der Waals surface area contributed by atoms with Gasteiger partial charge < -0.3 is 9.84 Å². The third-order valence-corrected chi connectivity index (χ3v) is 7.71. The molecule has 0 saturated carbocycles. The summed E-state index contributed by atoms with van der Waals surface area (Å²) in [5.41, 5.74) is 0.762. The molecule has 0 fully saturated rings. The molecule has 4 aromatic carbocycles. The number of rotatable bonds is 4. The van der Waals surface area contributed by atoms with Crippen LogP contribution in [0.25, 0.3) is 42.1 Å². The fourth-order valence-corrected chi connectivity index (χ4v) is 5.89. The van der Waals surface area contributed by atoms with Crippen LogP contribution in [0.2, 0.25) is 0 Å². The lowest BCUT2D eigenvalue weighted by Gasteiger charge is -2.17. The summed E-state index contributed by atoms with van der Waals surface area (Å²) in [4.78, 5) is 11.2. The van der Waals surface area contributed by atoms with Crippen molar-refractivity contribution in [1.29, 1.82) is 0 Å². The number of thiophene rings is 1. The topological polar surface area (TPSA) is 46.5 Å². The molecule has 1 heterocycles. The molecule has 3 nitrogen and oxygen atoms in total. The minimum atomic E-state index is -1.40. The highest BCUT2D eigenvalue weighted by atomic mass is 79.9. The zero-order valence-corrected chi connectivity index (χ0v) is 19.1. The lowest BCUT2D eigenvalue weighted by molar-refractivity contribution is -0.144. The highest BCUT2D eigenvalue weighted by molar-refractivity contribution is 9.11. The summed E-state index contributed by atoms with van der Waals surface area (Å²) in [6.45, 7) is 1.23. The molecule has 5 aromatic rings. The molecule has 160 valence electrons. The zero-order valence-electron chi connectivity index (χ0n) is 16.7. The average molecular weight is 513 g/mol. The quantitative estimate of drug-likeness (QED) is 0.267. The smallest absolute Gasteiger partial charge is 0.344 e. The number of fused-ring (bicyclic) bond motifs is 4. The van der Waals surface area contributed by atoms with Crippen LogP contribution in [0.5, 0.6) is 5.75 Å². The van der Waals surface area contributed by atoms with Gasteiger partial charge in [-0.25, -0.2) is 13.6 Å². The number of aliphatic carboxylic acids is 1. The maximum absolute atomic E-state index is 15.7. The van der Waals surface area contributed by atoms with E-state index in [4.69, 9.17) is 9.84 Å². The molecule has 1 aromatic heterocycles. The molecule has 5 rings (SSSR count). The highest BCUT2D eigenvalue weighted by Gasteiger charge is 2.25. The monoisotopic (exact) mass is 512 g/mol. The molecule has 0 spiro atoms. The number of halogens is 3. The van der Waals surface area contributed by atoms with E-state index >= 15 is 4.39 Å². The van der Waals surface area contributed by atoms with Crippen LogP contribution in [0.15, 0.2) is 65.1 Å². The van der Waals surface area contributed by atoms with Crippen LogP contribution in [-0.2, 0) is 4.79 Å². The van der Waals surface area contributed by atoms with Crippen molar-refractivity contribution in [2.75, 3.05) is 0 Å². The number of carboxylic acid groups (broad SMARTS) is 1. The Kier molecular flexibility index (Phi) is 5.10. The molecule has 0 unspecified atom stereocenters. The Hall–Kier alpha value is -3.03. The summed E-state index contributed by atoms with van der Waals surface area (Å²) in [5, 5.41) is 12.6. The molecule has 0 aliphatic heterocycles. The summed E-state index contributed by atoms with van der Waals surface area (Å²) < 4.78 is 38.3. The van der Waals surface area contributed by atoms with Crippen LogP contribution in [0, 0.1) is 11.6 Å². The van der Waals surface area contributed by atoms with Crippen LogP contribution in [0.4, 0.5) is 8.78 Å². The maximum Gasteiger partial charge on any atom is 0.344 e. The van der Waals surface area contributed by atoms with E-state index in [0.717, 1.165) is 41.5 Å². The van der Waals surface area contributed by atoms with Crippen LogP contribution < -0.4 is 4.74 Å². The average Bonchev–Trinajstić information content (AvgIpc) is 3.17. The van der Waals surface area contributed by atoms with Crippen LogP contribution in [0.3, 0.4) is 0 Å². The summed E-state index contributed by atoms with van der Waals surface area (Å²) in [5.74, 6) is -3.89. The summed E-state index contributed by atoms with van der Waals surface area (Å²) in [6.07, 6.45) is -1.40. The predicted octanol–water partition coefficient (Wildman–Crippen LogP) is 7.77. The standard InChI is InChI=1S/C25H15BrF2O3S/c1-12(25(29)30)31-23-17(27)11-10-16(22(23)28)19-13-6-2-3-7-14(13)21(26)24-20(19)15-8-4-5-9-18(15)32-24/h2-12H,1H3,(H,29,30)/t12-/m1/s1. The second kappa shape index (κ2) is 7.83. The summed E-state index contributed by atoms with van der Waals surface area (Å²) in [7, 11) is 0. The Morgan fingerprint density at radius 3 is 2.38 bits per heavy atom. The molecule has 0 saturated heterocycles. The fourth-order valence-electron chi connectivity index (χ4n) is 3.94. The second-order valence-corrected chi connectivity index (χ2v) is 9.22. The largest absolute Gasteiger partial charge is 0.479 e. The Bertz CT molecular complexity index is 1540. The normalized spacial score (nSPS) is 12.5. The van der Waals surface area contributed by atoms with E-state index in [-0.39, 0.29) is 5.56 Å². The summed E-state index contributed by atoms with van der Waals surface area (Å²) >= 11 is 5.31. The molecule has 7 heteroatoms. The molecule has 0 radical (unpaired) electrons. The molecule has 0 bridgehead atoms. The lowest BCUT2D eigenvalue weighted by Crippen LogP contribution is -2.24. The van der Waals surface area contributed by atoms with Gasteiger partial charge in [-0.2, -0.15) is 0 Å². The molecular weight excluding hydrogens is 498 g/mol. The summed E-state index contributed by atoms with van der Waals surface area (Å²) in [6, 6.07) is 17.9. The van der Waals surface area contributed by atoms with Gasteiger partial charge in [-0.15, -0.1) is 11.3 Å². The minimum Gasteiger partial charge on any atom is -0.479 e. The van der Waals surface area contributed by atoms with Crippen molar-refractivity contribution in [3.63, 3.8) is 0 Å². The van der Waals surface area contributed by atoms with Gasteiger partial charge in [0.05, 0.1) is 4.70 Å². The number of benzene rings is 4. The third-order valence-electron chi connectivity index (χ3n) is 5.44.